The third-order valence-corrected chi connectivity index (χ3v) is 7.22. The third-order valence-electron chi connectivity index (χ3n) is 7.22. The van der Waals surface area contributed by atoms with Crippen LogP contribution in [0, 0.1) is 17.8 Å². The van der Waals surface area contributed by atoms with Crippen molar-refractivity contribution in [2.75, 3.05) is 26.9 Å². The van der Waals surface area contributed by atoms with Crippen LogP contribution in [0.15, 0.2) is 18.2 Å². The highest BCUT2D eigenvalue weighted by atomic mass is 16.6. The molecule has 6 heteroatoms. The number of methoxy groups -OCH3 is 1. The SMILES string of the molecule is CCCCC[C@H](O)CC[C@@H]1[C@H]2Cc3cccc(OCC(=O)OCCOC)c3C[C@H]2C[C@H]1O. The number of esters is 1. The van der Waals surface area contributed by atoms with E-state index in [1.54, 1.807) is 7.11 Å². The van der Waals surface area contributed by atoms with E-state index >= 15 is 0 Å². The van der Waals surface area contributed by atoms with Gasteiger partial charge in [-0.2, -0.15) is 0 Å². The van der Waals surface area contributed by atoms with E-state index in [2.05, 4.69) is 13.0 Å². The van der Waals surface area contributed by atoms with Gasteiger partial charge in [-0.05, 0) is 73.5 Å². The molecule has 6 nitrogen and oxygen atoms in total. The summed E-state index contributed by atoms with van der Waals surface area (Å²) < 4.78 is 15.8. The van der Waals surface area contributed by atoms with E-state index in [0.29, 0.717) is 18.4 Å². The Morgan fingerprint density at radius 1 is 1.19 bits per heavy atom. The molecule has 5 atom stereocenters. The van der Waals surface area contributed by atoms with Gasteiger partial charge in [-0.3, -0.25) is 0 Å². The molecule has 0 bridgehead atoms. The maximum Gasteiger partial charge on any atom is 0.344 e. The average molecular weight is 449 g/mol. The number of ether oxygens (including phenoxy) is 3. The van der Waals surface area contributed by atoms with Gasteiger partial charge in [0.2, 0.25) is 0 Å². The molecule has 0 radical (unpaired) electrons. The van der Waals surface area contributed by atoms with E-state index in [0.717, 1.165) is 62.7 Å². The lowest BCUT2D eigenvalue weighted by molar-refractivity contribution is -0.147. The van der Waals surface area contributed by atoms with Crippen LogP contribution in [0.1, 0.15) is 63.0 Å². The molecule has 1 aromatic carbocycles. The lowest BCUT2D eigenvalue weighted by Crippen LogP contribution is -2.28. The van der Waals surface area contributed by atoms with Crippen molar-refractivity contribution in [2.45, 2.75) is 76.9 Å². The van der Waals surface area contributed by atoms with E-state index in [1.165, 1.54) is 12.0 Å². The lowest BCUT2D eigenvalue weighted by Gasteiger charge is -2.32. The topological polar surface area (TPSA) is 85.2 Å². The second kappa shape index (κ2) is 12.6. The minimum atomic E-state index is -0.401. The summed E-state index contributed by atoms with van der Waals surface area (Å²) in [5, 5.41) is 21.1. The first-order valence-corrected chi connectivity index (χ1v) is 12.3. The fraction of sp³-hybridized carbons (Fsp3) is 0.731. The predicted octanol–water partition coefficient (Wildman–Crippen LogP) is 3.69. The zero-order valence-electron chi connectivity index (χ0n) is 19.6. The Balaban J connectivity index is 1.56. The molecule has 0 saturated heterocycles. The van der Waals surface area contributed by atoms with Crippen LogP contribution in [0.4, 0.5) is 0 Å². The summed E-state index contributed by atoms with van der Waals surface area (Å²) in [4.78, 5) is 11.9. The van der Waals surface area contributed by atoms with Crippen molar-refractivity contribution < 1.29 is 29.2 Å². The molecule has 2 aliphatic rings. The summed E-state index contributed by atoms with van der Waals surface area (Å²) in [6.07, 6.45) is 7.95. The normalized spacial score (nSPS) is 25.1. The minimum absolute atomic E-state index is 0.116. The Morgan fingerprint density at radius 3 is 2.81 bits per heavy atom. The number of aliphatic hydroxyl groups is 2. The van der Waals surface area contributed by atoms with Gasteiger partial charge < -0.3 is 24.4 Å². The number of fused-ring (bicyclic) bond motifs is 2. The molecule has 2 N–H and O–H groups in total. The van der Waals surface area contributed by atoms with Crippen molar-refractivity contribution >= 4 is 5.97 Å². The molecule has 3 rings (SSSR count). The molecule has 1 saturated carbocycles. The molecule has 0 aliphatic heterocycles. The summed E-state index contributed by atoms with van der Waals surface area (Å²) in [5.74, 6) is 1.44. The van der Waals surface area contributed by atoms with Gasteiger partial charge in [0, 0.05) is 7.11 Å². The predicted molar refractivity (Wildman–Crippen MR) is 123 cm³/mol. The molecule has 1 fully saturated rings. The fourth-order valence-electron chi connectivity index (χ4n) is 5.52. The van der Waals surface area contributed by atoms with Crippen molar-refractivity contribution in [3.05, 3.63) is 29.3 Å². The minimum Gasteiger partial charge on any atom is -0.482 e. The van der Waals surface area contributed by atoms with Crippen molar-refractivity contribution in [1.29, 1.82) is 0 Å². The van der Waals surface area contributed by atoms with Crippen molar-refractivity contribution in [2.24, 2.45) is 17.8 Å². The number of rotatable bonds is 13. The highest BCUT2D eigenvalue weighted by molar-refractivity contribution is 5.71. The zero-order valence-corrected chi connectivity index (χ0v) is 19.6. The van der Waals surface area contributed by atoms with Gasteiger partial charge in [0.25, 0.3) is 0 Å². The summed E-state index contributed by atoms with van der Waals surface area (Å²) >= 11 is 0. The molecule has 1 aromatic rings. The quantitative estimate of drug-likeness (QED) is 0.354. The maximum atomic E-state index is 11.9. The molecule has 0 aromatic heterocycles. The standard InChI is InChI=1S/C26H40O6/c1-3-4-5-8-20(27)10-11-21-22-14-18-7-6-9-25(23(18)15-19(22)16-24(21)28)32-17-26(29)31-13-12-30-2/h6-7,9,19-22,24,27-28H,3-5,8,10-17H2,1-2H3/t19-,20-,21+,22-,24+/m0/s1. The Hall–Kier alpha value is -1.63. The van der Waals surface area contributed by atoms with Crippen molar-refractivity contribution in [1.82, 2.24) is 0 Å². The second-order valence-corrected chi connectivity index (χ2v) is 9.42. The van der Waals surface area contributed by atoms with Crippen LogP contribution in [-0.2, 0) is 27.1 Å². The van der Waals surface area contributed by atoms with Crippen LogP contribution in [-0.4, -0.2) is 55.3 Å². The number of benzene rings is 1. The second-order valence-electron chi connectivity index (χ2n) is 9.42. The summed E-state index contributed by atoms with van der Waals surface area (Å²) in [6, 6.07) is 6.02. The molecule has 0 spiro atoms. The largest absolute Gasteiger partial charge is 0.482 e. The third kappa shape index (κ3) is 6.69. The van der Waals surface area contributed by atoms with Crippen LogP contribution >= 0.6 is 0 Å². The first kappa shape index (κ1) is 25.0. The molecule has 180 valence electrons. The fourth-order valence-corrected chi connectivity index (χ4v) is 5.52. The number of carbonyl (C=O) groups excluding carboxylic acids is 1. The maximum absolute atomic E-state index is 11.9. The molecule has 32 heavy (non-hydrogen) atoms. The van der Waals surface area contributed by atoms with E-state index in [9.17, 15) is 15.0 Å². The molecule has 0 unspecified atom stereocenters. The molecular formula is C26H40O6. The first-order chi connectivity index (χ1) is 15.5. The average Bonchev–Trinajstić information content (AvgIpc) is 3.09. The van der Waals surface area contributed by atoms with Crippen LogP contribution in [0.5, 0.6) is 5.75 Å². The number of unbranched alkanes of at least 4 members (excludes halogenated alkanes) is 2. The van der Waals surface area contributed by atoms with Crippen molar-refractivity contribution in [3.63, 3.8) is 0 Å². The van der Waals surface area contributed by atoms with Gasteiger partial charge >= 0.3 is 5.97 Å². The van der Waals surface area contributed by atoms with Crippen LogP contribution in [0.25, 0.3) is 0 Å². The van der Waals surface area contributed by atoms with E-state index < -0.39 is 5.97 Å². The van der Waals surface area contributed by atoms with E-state index in [-0.39, 0.29) is 31.3 Å². The summed E-state index contributed by atoms with van der Waals surface area (Å²) in [6.45, 7) is 2.65. The van der Waals surface area contributed by atoms with E-state index in [1.807, 2.05) is 12.1 Å². The van der Waals surface area contributed by atoms with Gasteiger partial charge in [0.1, 0.15) is 12.4 Å². The molecule has 2 aliphatic carbocycles. The summed E-state index contributed by atoms with van der Waals surface area (Å²) in [7, 11) is 1.56. The Labute approximate surface area is 192 Å². The smallest absolute Gasteiger partial charge is 0.344 e. The van der Waals surface area contributed by atoms with Crippen LogP contribution < -0.4 is 4.74 Å². The number of hydrogen-bond acceptors (Lipinski definition) is 6. The van der Waals surface area contributed by atoms with Crippen molar-refractivity contribution in [3.8, 4) is 5.75 Å². The Bertz CT molecular complexity index is 720. The Kier molecular flexibility index (Phi) is 9.82. The number of aliphatic hydroxyl groups excluding tert-OH is 2. The van der Waals surface area contributed by atoms with Crippen LogP contribution in [0.3, 0.4) is 0 Å². The zero-order chi connectivity index (χ0) is 22.9. The number of hydrogen-bond donors (Lipinski definition) is 2. The lowest BCUT2D eigenvalue weighted by atomic mass is 9.73. The highest BCUT2D eigenvalue weighted by Gasteiger charge is 2.44. The molecule has 0 heterocycles. The summed E-state index contributed by atoms with van der Waals surface area (Å²) in [5.41, 5.74) is 2.41. The molecule has 0 amide bonds. The van der Waals surface area contributed by atoms with Gasteiger partial charge in [-0.15, -0.1) is 0 Å². The Morgan fingerprint density at radius 2 is 2.03 bits per heavy atom. The van der Waals surface area contributed by atoms with E-state index in [4.69, 9.17) is 14.2 Å². The monoisotopic (exact) mass is 448 g/mol. The van der Waals surface area contributed by atoms with Gasteiger partial charge in [-0.25, -0.2) is 4.79 Å². The number of carbonyl (C=O) groups is 1. The van der Waals surface area contributed by atoms with Gasteiger partial charge in [-0.1, -0.05) is 38.3 Å². The molecular weight excluding hydrogens is 408 g/mol. The highest BCUT2D eigenvalue weighted by Crippen LogP contribution is 2.48. The first-order valence-electron chi connectivity index (χ1n) is 12.3. The van der Waals surface area contributed by atoms with Crippen LogP contribution in [0.2, 0.25) is 0 Å². The van der Waals surface area contributed by atoms with Gasteiger partial charge in [0.05, 0.1) is 18.8 Å². The van der Waals surface area contributed by atoms with Gasteiger partial charge in [0.15, 0.2) is 6.61 Å².